The van der Waals surface area contributed by atoms with Crippen molar-refractivity contribution < 1.29 is 80.2 Å². The van der Waals surface area contributed by atoms with Crippen LogP contribution in [0.25, 0.3) is 0 Å². The molecule has 0 radical (unpaired) electrons. The molecule has 0 aliphatic rings. The minimum atomic E-state index is -4.96. The van der Waals surface area contributed by atoms with Crippen molar-refractivity contribution in [1.29, 1.82) is 0 Å². The molecule has 0 bridgehead atoms. The largest absolute Gasteiger partial charge is 0.472 e. The molecule has 0 aromatic rings. The maximum absolute atomic E-state index is 13.1. The lowest BCUT2D eigenvalue weighted by molar-refractivity contribution is -0.161. The number of ether oxygens (including phenoxy) is 4. The number of aliphatic hydroxyl groups excluding tert-OH is 1. The number of esters is 4. The van der Waals surface area contributed by atoms with E-state index in [4.69, 9.17) is 37.0 Å². The number of hydrogen-bond acceptors (Lipinski definition) is 15. The van der Waals surface area contributed by atoms with Gasteiger partial charge in [0.2, 0.25) is 0 Å². The van der Waals surface area contributed by atoms with E-state index in [1.54, 1.807) is 0 Å². The molecule has 0 aromatic heterocycles. The summed E-state index contributed by atoms with van der Waals surface area (Å²) in [5.41, 5.74) is 0. The van der Waals surface area contributed by atoms with Crippen molar-refractivity contribution in [2.24, 2.45) is 23.7 Å². The zero-order valence-corrected chi connectivity index (χ0v) is 63.4. The second-order valence-electron chi connectivity index (χ2n) is 28.7. The van der Waals surface area contributed by atoms with Gasteiger partial charge in [0.05, 0.1) is 26.4 Å². The fraction of sp³-hybridized carbons (Fsp3) is 0.947. The molecule has 0 spiro atoms. The number of phosphoric ester groups is 2. The molecule has 6 atom stereocenters. The van der Waals surface area contributed by atoms with E-state index in [1.165, 1.54) is 173 Å². The van der Waals surface area contributed by atoms with Crippen molar-refractivity contribution >= 4 is 39.5 Å². The number of carbonyl (C=O) groups is 4. The van der Waals surface area contributed by atoms with E-state index < -0.39 is 97.5 Å². The van der Waals surface area contributed by atoms with Gasteiger partial charge in [-0.3, -0.25) is 37.3 Å². The van der Waals surface area contributed by atoms with Crippen LogP contribution in [0.2, 0.25) is 0 Å². The first-order valence-electron chi connectivity index (χ1n) is 38.7. The number of rotatable bonds is 72. The van der Waals surface area contributed by atoms with Crippen LogP contribution in [0.15, 0.2) is 0 Å². The molecule has 0 heterocycles. The lowest BCUT2D eigenvalue weighted by Gasteiger charge is -2.21. The fourth-order valence-corrected chi connectivity index (χ4v) is 12.9. The highest BCUT2D eigenvalue weighted by atomic mass is 31.2. The Balaban J connectivity index is 5.21. The predicted octanol–water partition coefficient (Wildman–Crippen LogP) is 21.7. The third-order valence-corrected chi connectivity index (χ3v) is 19.6. The van der Waals surface area contributed by atoms with Crippen molar-refractivity contribution in [2.45, 2.75) is 395 Å². The maximum Gasteiger partial charge on any atom is 0.472 e. The van der Waals surface area contributed by atoms with E-state index in [0.29, 0.717) is 31.6 Å². The van der Waals surface area contributed by atoms with Crippen LogP contribution in [-0.4, -0.2) is 96.7 Å². The average Bonchev–Trinajstić information content (AvgIpc) is 1.57. The summed E-state index contributed by atoms with van der Waals surface area (Å²) in [6, 6.07) is 0. The van der Waals surface area contributed by atoms with Crippen molar-refractivity contribution in [2.75, 3.05) is 39.6 Å². The quantitative estimate of drug-likeness (QED) is 0.0222. The van der Waals surface area contributed by atoms with Crippen molar-refractivity contribution in [3.63, 3.8) is 0 Å². The third-order valence-electron chi connectivity index (χ3n) is 17.7. The van der Waals surface area contributed by atoms with Crippen molar-refractivity contribution in [1.82, 2.24) is 0 Å². The normalized spacial score (nSPS) is 14.4. The molecule has 558 valence electrons. The summed E-state index contributed by atoms with van der Waals surface area (Å²) in [7, 11) is -9.91. The Bertz CT molecular complexity index is 1850. The van der Waals surface area contributed by atoms with Gasteiger partial charge in [0, 0.05) is 25.7 Å². The van der Waals surface area contributed by atoms with Gasteiger partial charge in [-0.1, -0.05) is 325 Å². The molecule has 0 saturated carbocycles. The van der Waals surface area contributed by atoms with Crippen LogP contribution in [0, 0.1) is 23.7 Å². The minimum Gasteiger partial charge on any atom is -0.462 e. The fourth-order valence-electron chi connectivity index (χ4n) is 11.3. The van der Waals surface area contributed by atoms with Crippen molar-refractivity contribution in [3.05, 3.63) is 0 Å². The molecule has 0 aliphatic heterocycles. The number of phosphoric acid groups is 2. The Morgan fingerprint density at radius 1 is 0.298 bits per heavy atom. The number of carbonyl (C=O) groups excluding carboxylic acids is 4. The highest BCUT2D eigenvalue weighted by molar-refractivity contribution is 7.47. The molecule has 17 nitrogen and oxygen atoms in total. The molecule has 0 amide bonds. The van der Waals surface area contributed by atoms with Gasteiger partial charge in [-0.2, -0.15) is 0 Å². The Hall–Kier alpha value is -1.94. The highest BCUT2D eigenvalue weighted by Crippen LogP contribution is 2.45. The van der Waals surface area contributed by atoms with Gasteiger partial charge < -0.3 is 33.8 Å². The molecule has 94 heavy (non-hydrogen) atoms. The molecule has 0 rings (SSSR count). The van der Waals surface area contributed by atoms with Crippen LogP contribution in [0.1, 0.15) is 376 Å². The van der Waals surface area contributed by atoms with Gasteiger partial charge in [-0.15, -0.1) is 0 Å². The van der Waals surface area contributed by atoms with Crippen molar-refractivity contribution in [3.8, 4) is 0 Å². The standard InChI is InChI=1S/C75H146O17P2/c1-9-68(8)54-46-38-33-34-42-50-58-75(80)92-71(62-86-73(78)56-48-40-32-26-29-37-45-53-67(6)7)64-90-94(83,84)88-60-69(76)59-87-93(81,82)89-63-70(91-74(79)57-49-41-31-25-21-17-16-19-23-28-36-44-52-66(4)5)61-85-72(77)55-47-39-30-24-20-15-13-11-10-12-14-18-22-27-35-43-51-65(2)3/h65-71,76H,9-64H2,1-8H3,(H,81,82)(H,83,84)/t68?,69?,70-,71-/m1/s1. The van der Waals surface area contributed by atoms with Crippen LogP contribution in [-0.2, 0) is 65.4 Å². The first-order valence-corrected chi connectivity index (χ1v) is 41.7. The van der Waals surface area contributed by atoms with E-state index in [1.807, 2.05) is 0 Å². The first-order chi connectivity index (χ1) is 45.1. The van der Waals surface area contributed by atoms with Crippen LogP contribution < -0.4 is 0 Å². The Morgan fingerprint density at radius 2 is 0.511 bits per heavy atom. The SMILES string of the molecule is CCC(C)CCCCCCCCC(=O)O[C@H](COC(=O)CCCCCCCCCC(C)C)COP(=O)(O)OCC(O)COP(=O)(O)OC[C@@H](COC(=O)CCCCCCCCCCCCCCCCCCC(C)C)OC(=O)CCCCCCCCCCCCCCC(C)C. The first kappa shape index (κ1) is 92.1. The molecule has 4 unspecified atom stereocenters. The second-order valence-corrected chi connectivity index (χ2v) is 31.6. The summed E-state index contributed by atoms with van der Waals surface area (Å²) in [4.78, 5) is 72.7. The summed E-state index contributed by atoms with van der Waals surface area (Å²) in [5.74, 6) is 0.888. The summed E-state index contributed by atoms with van der Waals surface area (Å²) in [6.07, 6.45) is 48.8. The zero-order chi connectivity index (χ0) is 69.6. The number of hydrogen-bond donors (Lipinski definition) is 3. The lowest BCUT2D eigenvalue weighted by atomic mass is 10.00. The molecule has 0 aromatic carbocycles. The van der Waals surface area contributed by atoms with E-state index in [-0.39, 0.29) is 25.7 Å². The Morgan fingerprint density at radius 3 is 0.755 bits per heavy atom. The molecule has 0 aliphatic carbocycles. The van der Waals surface area contributed by atoms with Crippen LogP contribution >= 0.6 is 15.6 Å². The topological polar surface area (TPSA) is 237 Å². The number of aliphatic hydroxyl groups is 1. The molecule has 0 fully saturated rings. The highest BCUT2D eigenvalue weighted by Gasteiger charge is 2.30. The summed E-state index contributed by atoms with van der Waals surface area (Å²) >= 11 is 0. The average molecular weight is 1380 g/mol. The lowest BCUT2D eigenvalue weighted by Crippen LogP contribution is -2.30. The maximum atomic E-state index is 13.1. The summed E-state index contributed by atoms with van der Waals surface area (Å²) < 4.78 is 68.4. The minimum absolute atomic E-state index is 0.102. The van der Waals surface area contributed by atoms with Crippen LogP contribution in [0.4, 0.5) is 0 Å². The smallest absolute Gasteiger partial charge is 0.462 e. The molecule has 0 saturated heterocycles. The number of unbranched alkanes of at least 4 members (excludes halogenated alkanes) is 37. The van der Waals surface area contributed by atoms with Gasteiger partial charge >= 0.3 is 39.5 Å². The monoisotopic (exact) mass is 1380 g/mol. The third kappa shape index (κ3) is 67.3. The predicted molar refractivity (Wildman–Crippen MR) is 381 cm³/mol. The van der Waals surface area contributed by atoms with Crippen LogP contribution in [0.5, 0.6) is 0 Å². The van der Waals surface area contributed by atoms with Gasteiger partial charge in [0.1, 0.15) is 19.3 Å². The van der Waals surface area contributed by atoms with Gasteiger partial charge in [-0.25, -0.2) is 9.13 Å². The van der Waals surface area contributed by atoms with Gasteiger partial charge in [-0.05, 0) is 49.4 Å². The second kappa shape index (κ2) is 64.4. The summed E-state index contributed by atoms with van der Waals surface area (Å²) in [6.45, 7) is 14.1. The van der Waals surface area contributed by atoms with E-state index in [9.17, 15) is 43.2 Å². The Kier molecular flexibility index (Phi) is 63.1. The zero-order valence-electron chi connectivity index (χ0n) is 61.6. The van der Waals surface area contributed by atoms with E-state index >= 15 is 0 Å². The van der Waals surface area contributed by atoms with Gasteiger partial charge in [0.15, 0.2) is 12.2 Å². The van der Waals surface area contributed by atoms with E-state index in [2.05, 4.69) is 55.4 Å². The molecule has 19 heteroatoms. The van der Waals surface area contributed by atoms with Gasteiger partial charge in [0.25, 0.3) is 0 Å². The Labute approximate surface area is 575 Å². The molecular formula is C75H146O17P2. The van der Waals surface area contributed by atoms with Crippen LogP contribution in [0.3, 0.4) is 0 Å². The summed E-state index contributed by atoms with van der Waals surface area (Å²) in [5, 5.41) is 10.6. The van der Waals surface area contributed by atoms with E-state index in [0.717, 1.165) is 114 Å². The molecular weight excluding hydrogens is 1230 g/mol. The molecule has 3 N–H and O–H groups in total.